The van der Waals surface area contributed by atoms with Crippen molar-refractivity contribution in [1.82, 2.24) is 9.97 Å². The Morgan fingerprint density at radius 1 is 1.07 bits per heavy atom. The van der Waals surface area contributed by atoms with Crippen LogP contribution in [0.1, 0.15) is 40.2 Å². The van der Waals surface area contributed by atoms with Gasteiger partial charge in [0.05, 0.1) is 12.7 Å². The SMILES string of the molecule is COC(=O)c1ccc(CCCCc2ncc[nH]2)c(OCc2ccc(Cl)cc2Cl)c1. The Bertz CT molecular complexity index is 959. The molecule has 0 aliphatic rings. The molecular weight excluding hydrogens is 411 g/mol. The lowest BCUT2D eigenvalue weighted by Crippen LogP contribution is -2.05. The number of carbonyl (C=O) groups excluding carboxylic acids is 1. The highest BCUT2D eigenvalue weighted by Gasteiger charge is 2.12. The maximum absolute atomic E-state index is 11.9. The lowest BCUT2D eigenvalue weighted by atomic mass is 10.0. The fourth-order valence-electron chi connectivity index (χ4n) is 2.98. The molecule has 3 aromatic rings. The van der Waals surface area contributed by atoms with E-state index in [1.807, 2.05) is 18.3 Å². The van der Waals surface area contributed by atoms with Crippen LogP contribution in [-0.2, 0) is 24.2 Å². The number of aryl methyl sites for hydroxylation is 2. The lowest BCUT2D eigenvalue weighted by Gasteiger charge is -2.14. The summed E-state index contributed by atoms with van der Waals surface area (Å²) < 4.78 is 10.9. The molecule has 152 valence electrons. The minimum atomic E-state index is -0.399. The zero-order valence-corrected chi connectivity index (χ0v) is 17.6. The Hall–Kier alpha value is -2.50. The summed E-state index contributed by atoms with van der Waals surface area (Å²) in [5.41, 5.74) is 2.30. The molecule has 0 fully saturated rings. The van der Waals surface area contributed by atoms with E-state index in [0.29, 0.717) is 21.4 Å². The summed E-state index contributed by atoms with van der Waals surface area (Å²) in [4.78, 5) is 19.3. The van der Waals surface area contributed by atoms with E-state index in [4.69, 9.17) is 32.7 Å². The molecule has 0 aliphatic heterocycles. The van der Waals surface area contributed by atoms with Crippen LogP contribution in [0.5, 0.6) is 5.75 Å². The Balaban J connectivity index is 1.69. The molecule has 29 heavy (non-hydrogen) atoms. The molecular formula is C22H22Cl2N2O3. The summed E-state index contributed by atoms with van der Waals surface area (Å²) in [5.74, 6) is 1.24. The van der Waals surface area contributed by atoms with Crippen molar-refractivity contribution in [3.63, 3.8) is 0 Å². The fraction of sp³-hybridized carbons (Fsp3) is 0.273. The van der Waals surface area contributed by atoms with E-state index in [-0.39, 0.29) is 6.61 Å². The lowest BCUT2D eigenvalue weighted by molar-refractivity contribution is 0.0600. The second-order valence-electron chi connectivity index (χ2n) is 6.58. The Morgan fingerprint density at radius 2 is 1.86 bits per heavy atom. The summed E-state index contributed by atoms with van der Waals surface area (Å²) in [6.07, 6.45) is 7.27. The van der Waals surface area contributed by atoms with Crippen molar-refractivity contribution in [2.24, 2.45) is 0 Å². The van der Waals surface area contributed by atoms with Crippen LogP contribution in [0.2, 0.25) is 10.0 Å². The number of aromatic nitrogens is 2. The summed E-state index contributed by atoms with van der Waals surface area (Å²) in [6.45, 7) is 0.278. The van der Waals surface area contributed by atoms with Crippen LogP contribution in [0.25, 0.3) is 0 Å². The molecule has 1 N–H and O–H groups in total. The number of hydrogen-bond donors (Lipinski definition) is 1. The first-order valence-corrected chi connectivity index (χ1v) is 10.1. The number of methoxy groups -OCH3 is 1. The average molecular weight is 433 g/mol. The number of aromatic amines is 1. The topological polar surface area (TPSA) is 64.2 Å². The summed E-state index contributed by atoms with van der Waals surface area (Å²) in [7, 11) is 1.36. The molecule has 1 heterocycles. The second-order valence-corrected chi connectivity index (χ2v) is 7.43. The predicted octanol–water partition coefficient (Wildman–Crippen LogP) is 5.65. The van der Waals surface area contributed by atoms with Gasteiger partial charge in [0.1, 0.15) is 18.2 Å². The quantitative estimate of drug-likeness (QED) is 0.350. The molecule has 0 aliphatic carbocycles. The van der Waals surface area contributed by atoms with Gasteiger partial charge in [-0.25, -0.2) is 9.78 Å². The number of hydrogen-bond acceptors (Lipinski definition) is 4. The zero-order valence-electron chi connectivity index (χ0n) is 16.1. The first-order valence-electron chi connectivity index (χ1n) is 9.33. The predicted molar refractivity (Wildman–Crippen MR) is 114 cm³/mol. The standard InChI is InChI=1S/C22H22Cl2N2O3/c1-28-22(27)16-7-6-15(4-2-3-5-21-25-10-11-26-21)20(12-16)29-14-17-8-9-18(23)13-19(17)24/h6-13H,2-5,14H2,1H3,(H,25,26). The van der Waals surface area contributed by atoms with E-state index in [2.05, 4.69) is 9.97 Å². The van der Waals surface area contributed by atoms with Gasteiger partial charge in [-0.3, -0.25) is 0 Å². The van der Waals surface area contributed by atoms with Gasteiger partial charge in [-0.2, -0.15) is 0 Å². The normalized spacial score (nSPS) is 10.7. The third-order valence-electron chi connectivity index (χ3n) is 4.55. The van der Waals surface area contributed by atoms with Crippen LogP contribution in [0.3, 0.4) is 0 Å². The minimum Gasteiger partial charge on any atom is -0.489 e. The van der Waals surface area contributed by atoms with Gasteiger partial charge >= 0.3 is 5.97 Å². The van der Waals surface area contributed by atoms with Crippen molar-refractivity contribution in [1.29, 1.82) is 0 Å². The van der Waals surface area contributed by atoms with Gasteiger partial charge in [0, 0.05) is 34.4 Å². The third-order valence-corrected chi connectivity index (χ3v) is 5.14. The zero-order chi connectivity index (χ0) is 20.6. The van der Waals surface area contributed by atoms with E-state index < -0.39 is 5.97 Å². The van der Waals surface area contributed by atoms with Crippen molar-refractivity contribution in [3.8, 4) is 5.75 Å². The van der Waals surface area contributed by atoms with Crippen LogP contribution < -0.4 is 4.74 Å². The summed E-state index contributed by atoms with van der Waals surface area (Å²) >= 11 is 12.2. The first kappa shape index (κ1) is 21.2. The number of nitrogens with one attached hydrogen (secondary N) is 1. The molecule has 0 atom stereocenters. The highest BCUT2D eigenvalue weighted by molar-refractivity contribution is 6.35. The molecule has 3 rings (SSSR count). The molecule has 5 nitrogen and oxygen atoms in total. The number of benzene rings is 2. The number of nitrogens with zero attached hydrogens (tertiary/aromatic N) is 1. The number of ether oxygens (including phenoxy) is 2. The highest BCUT2D eigenvalue weighted by atomic mass is 35.5. The van der Waals surface area contributed by atoms with Gasteiger partial charge in [-0.1, -0.05) is 35.3 Å². The van der Waals surface area contributed by atoms with Crippen molar-refractivity contribution >= 4 is 29.2 Å². The monoisotopic (exact) mass is 432 g/mol. The van der Waals surface area contributed by atoms with Crippen LogP contribution in [-0.4, -0.2) is 23.0 Å². The van der Waals surface area contributed by atoms with E-state index in [0.717, 1.165) is 42.6 Å². The van der Waals surface area contributed by atoms with Gasteiger partial charge < -0.3 is 14.5 Å². The Morgan fingerprint density at radius 3 is 2.59 bits per heavy atom. The highest BCUT2D eigenvalue weighted by Crippen LogP contribution is 2.27. The molecule has 0 spiro atoms. The largest absolute Gasteiger partial charge is 0.489 e. The van der Waals surface area contributed by atoms with E-state index in [1.54, 1.807) is 30.5 Å². The van der Waals surface area contributed by atoms with Crippen LogP contribution >= 0.6 is 23.2 Å². The van der Waals surface area contributed by atoms with Gasteiger partial charge in [-0.05, 0) is 49.1 Å². The number of esters is 1. The number of rotatable bonds is 9. The third kappa shape index (κ3) is 5.99. The van der Waals surface area contributed by atoms with Crippen molar-refractivity contribution in [2.75, 3.05) is 7.11 Å². The van der Waals surface area contributed by atoms with Crippen LogP contribution in [0.15, 0.2) is 48.8 Å². The number of unbranched alkanes of at least 4 members (excludes halogenated alkanes) is 1. The molecule has 0 saturated carbocycles. The average Bonchev–Trinajstić information content (AvgIpc) is 3.24. The molecule has 1 aromatic heterocycles. The number of carbonyl (C=O) groups is 1. The number of imidazole rings is 1. The van der Waals surface area contributed by atoms with Crippen molar-refractivity contribution in [3.05, 3.63) is 81.4 Å². The molecule has 0 unspecified atom stereocenters. The number of H-pyrrole nitrogens is 1. The Kier molecular flexibility index (Phi) is 7.55. The first-order chi connectivity index (χ1) is 14.1. The van der Waals surface area contributed by atoms with Gasteiger partial charge in [0.25, 0.3) is 0 Å². The maximum Gasteiger partial charge on any atom is 0.337 e. The van der Waals surface area contributed by atoms with Gasteiger partial charge in [0.2, 0.25) is 0 Å². The molecule has 7 heteroatoms. The van der Waals surface area contributed by atoms with Crippen molar-refractivity contribution < 1.29 is 14.3 Å². The van der Waals surface area contributed by atoms with E-state index >= 15 is 0 Å². The van der Waals surface area contributed by atoms with Crippen LogP contribution in [0.4, 0.5) is 0 Å². The van der Waals surface area contributed by atoms with E-state index in [9.17, 15) is 4.79 Å². The van der Waals surface area contributed by atoms with Crippen molar-refractivity contribution in [2.45, 2.75) is 32.3 Å². The van der Waals surface area contributed by atoms with Gasteiger partial charge in [-0.15, -0.1) is 0 Å². The van der Waals surface area contributed by atoms with E-state index in [1.165, 1.54) is 7.11 Å². The second kappa shape index (κ2) is 10.3. The fourth-order valence-corrected chi connectivity index (χ4v) is 3.44. The van der Waals surface area contributed by atoms with Crippen LogP contribution in [0, 0.1) is 0 Å². The molecule has 0 radical (unpaired) electrons. The van der Waals surface area contributed by atoms with Gasteiger partial charge in [0.15, 0.2) is 0 Å². The Labute approximate surface area is 180 Å². The molecule has 0 bridgehead atoms. The number of halogens is 2. The maximum atomic E-state index is 11.9. The molecule has 0 amide bonds. The molecule has 0 saturated heterocycles. The minimum absolute atomic E-state index is 0.278. The summed E-state index contributed by atoms with van der Waals surface area (Å²) in [5, 5.41) is 1.12. The summed E-state index contributed by atoms with van der Waals surface area (Å²) in [6, 6.07) is 10.7. The smallest absolute Gasteiger partial charge is 0.337 e. The molecule has 2 aromatic carbocycles.